The van der Waals surface area contributed by atoms with E-state index >= 15 is 0 Å². The summed E-state index contributed by atoms with van der Waals surface area (Å²) in [6, 6.07) is 8.47. The maximum atomic E-state index is 13.0. The second kappa shape index (κ2) is 6.69. The van der Waals surface area contributed by atoms with E-state index in [1.54, 1.807) is 6.07 Å². The van der Waals surface area contributed by atoms with E-state index in [0.717, 1.165) is 3.57 Å². The molecule has 1 amide bonds. The number of anilines is 1. The van der Waals surface area contributed by atoms with Crippen molar-refractivity contribution < 1.29 is 19.1 Å². The lowest BCUT2D eigenvalue weighted by Gasteiger charge is -2.10. The van der Waals surface area contributed by atoms with Crippen LogP contribution in [-0.2, 0) is 0 Å². The molecule has 0 unspecified atom stereocenters. The maximum absolute atomic E-state index is 13.0. The van der Waals surface area contributed by atoms with Crippen LogP contribution in [0, 0.1) is 13.0 Å². The second-order valence-electron chi connectivity index (χ2n) is 4.07. The summed E-state index contributed by atoms with van der Waals surface area (Å²) in [5, 5.41) is 11.7. The Morgan fingerprint density at radius 2 is 1.76 bits per heavy atom. The number of carbonyl (C=O) groups excluding carboxylic acids is 1. The van der Waals surface area contributed by atoms with Crippen LogP contribution >= 0.6 is 45.2 Å². The van der Waals surface area contributed by atoms with Crippen LogP contribution in [0.2, 0.25) is 0 Å². The molecule has 2 rings (SSSR count). The minimum Gasteiger partial charge on any atom is -0.478 e. The maximum Gasteiger partial charge on any atom is 0.337 e. The van der Waals surface area contributed by atoms with Gasteiger partial charge in [-0.05, 0) is 81.6 Å². The third-order valence-corrected chi connectivity index (χ3v) is 4.20. The number of carboxylic acids is 1. The van der Waals surface area contributed by atoms with E-state index in [-0.39, 0.29) is 16.8 Å². The average molecular weight is 511 g/mol. The fourth-order valence-electron chi connectivity index (χ4n) is 1.67. The first-order chi connectivity index (χ1) is 9.88. The lowest BCUT2D eigenvalue weighted by Crippen LogP contribution is -2.16. The van der Waals surface area contributed by atoms with Gasteiger partial charge in [0.1, 0.15) is 5.82 Å². The van der Waals surface area contributed by atoms with Crippen molar-refractivity contribution in [3.05, 3.63) is 60.5 Å². The molecule has 0 aliphatic carbocycles. The van der Waals surface area contributed by atoms with E-state index in [0.29, 0.717) is 3.57 Å². The Bertz CT molecular complexity index is 734. The highest BCUT2D eigenvalue weighted by atomic mass is 127. The molecule has 4 nitrogen and oxygen atoms in total. The van der Waals surface area contributed by atoms with Gasteiger partial charge in [0.2, 0.25) is 0 Å². The molecular weight excluding hydrogens is 503 g/mol. The van der Waals surface area contributed by atoms with E-state index in [4.69, 9.17) is 5.11 Å². The molecule has 0 radical (unpaired) electrons. The number of carbonyl (C=O) groups is 2. The van der Waals surface area contributed by atoms with Gasteiger partial charge in [-0.3, -0.25) is 4.79 Å². The Morgan fingerprint density at radius 1 is 1.05 bits per heavy atom. The highest BCUT2D eigenvalue weighted by molar-refractivity contribution is 14.1. The number of aromatic carboxylic acids is 1. The fraction of sp³-hybridized carbons (Fsp3) is 0. The molecule has 0 fully saturated rings. The topological polar surface area (TPSA) is 66.4 Å². The van der Waals surface area contributed by atoms with Crippen LogP contribution in [0.3, 0.4) is 0 Å². The van der Waals surface area contributed by atoms with Crippen LogP contribution in [0.5, 0.6) is 0 Å². The number of hydrogen-bond acceptors (Lipinski definition) is 2. The van der Waals surface area contributed by atoms with Gasteiger partial charge in [-0.2, -0.15) is 0 Å². The normalized spacial score (nSPS) is 10.2. The molecule has 7 heteroatoms. The summed E-state index contributed by atoms with van der Waals surface area (Å²) in [6.07, 6.45) is 0. The van der Waals surface area contributed by atoms with E-state index in [2.05, 4.69) is 5.32 Å². The van der Waals surface area contributed by atoms with Crippen LogP contribution in [0.15, 0.2) is 36.4 Å². The first kappa shape index (κ1) is 16.1. The van der Waals surface area contributed by atoms with Gasteiger partial charge in [0.15, 0.2) is 0 Å². The van der Waals surface area contributed by atoms with Gasteiger partial charge in [-0.1, -0.05) is 0 Å². The zero-order chi connectivity index (χ0) is 15.6. The fourth-order valence-corrected chi connectivity index (χ4v) is 2.88. The molecule has 0 saturated heterocycles. The monoisotopic (exact) mass is 511 g/mol. The summed E-state index contributed by atoms with van der Waals surface area (Å²) in [5.41, 5.74) is 0.493. The van der Waals surface area contributed by atoms with Crippen LogP contribution in [0.4, 0.5) is 10.1 Å². The van der Waals surface area contributed by atoms with Crippen molar-refractivity contribution in [2.24, 2.45) is 0 Å². The first-order valence-corrected chi connectivity index (χ1v) is 7.83. The van der Waals surface area contributed by atoms with Gasteiger partial charge < -0.3 is 10.4 Å². The van der Waals surface area contributed by atoms with E-state index in [1.807, 2.05) is 45.2 Å². The van der Waals surface area contributed by atoms with E-state index < -0.39 is 17.7 Å². The van der Waals surface area contributed by atoms with E-state index in [9.17, 15) is 14.0 Å². The Balaban J connectivity index is 2.34. The summed E-state index contributed by atoms with van der Waals surface area (Å²) in [6.45, 7) is 0. The standard InChI is InChI=1S/C14H8FI2NO3/c15-7-1-3-9(11(17)5-7)13(19)18-12-4-2-8(16)6-10(12)14(20)21/h1-6H,(H,18,19)(H,20,21). The van der Waals surface area contributed by atoms with Crippen molar-refractivity contribution in [2.45, 2.75) is 0 Å². The number of amides is 1. The summed E-state index contributed by atoms with van der Waals surface area (Å²) in [7, 11) is 0. The zero-order valence-corrected chi connectivity index (χ0v) is 14.7. The number of nitrogens with one attached hydrogen (secondary N) is 1. The van der Waals surface area contributed by atoms with E-state index in [1.165, 1.54) is 30.3 Å². The predicted octanol–water partition coefficient (Wildman–Crippen LogP) is 3.99. The van der Waals surface area contributed by atoms with Gasteiger partial charge in [-0.25, -0.2) is 9.18 Å². The lowest BCUT2D eigenvalue weighted by molar-refractivity contribution is 0.0698. The molecule has 0 aromatic heterocycles. The van der Waals surface area contributed by atoms with Gasteiger partial charge >= 0.3 is 5.97 Å². The SMILES string of the molecule is O=C(Nc1ccc(I)cc1C(=O)O)c1ccc(F)cc1I. The Hall–Kier alpha value is -1.23. The first-order valence-electron chi connectivity index (χ1n) is 5.67. The molecule has 2 aromatic carbocycles. The predicted molar refractivity (Wildman–Crippen MR) is 93.2 cm³/mol. The van der Waals surface area contributed by atoms with Crippen molar-refractivity contribution in [3.8, 4) is 0 Å². The largest absolute Gasteiger partial charge is 0.478 e. The minimum atomic E-state index is -1.13. The Morgan fingerprint density at radius 3 is 2.38 bits per heavy atom. The van der Waals surface area contributed by atoms with Crippen molar-refractivity contribution in [1.29, 1.82) is 0 Å². The molecule has 0 saturated carbocycles. The summed E-state index contributed by atoms with van der Waals surface area (Å²) < 4.78 is 14.2. The molecule has 0 atom stereocenters. The third kappa shape index (κ3) is 3.90. The molecule has 0 heterocycles. The lowest BCUT2D eigenvalue weighted by atomic mass is 10.1. The van der Waals surface area contributed by atoms with Crippen LogP contribution in [-0.4, -0.2) is 17.0 Å². The second-order valence-corrected chi connectivity index (χ2v) is 6.48. The summed E-state index contributed by atoms with van der Waals surface area (Å²) >= 11 is 3.84. The van der Waals surface area contributed by atoms with Gasteiger partial charge in [-0.15, -0.1) is 0 Å². The average Bonchev–Trinajstić information content (AvgIpc) is 2.40. The third-order valence-electron chi connectivity index (χ3n) is 2.64. The van der Waals surface area contributed by atoms with Crippen molar-refractivity contribution in [2.75, 3.05) is 5.32 Å². The number of halogens is 3. The van der Waals surface area contributed by atoms with Gasteiger partial charge in [0.25, 0.3) is 5.91 Å². The molecule has 0 aliphatic rings. The smallest absolute Gasteiger partial charge is 0.337 e. The number of carboxylic acid groups (broad SMARTS) is 1. The highest BCUT2D eigenvalue weighted by Crippen LogP contribution is 2.21. The number of rotatable bonds is 3. The molecule has 0 aliphatic heterocycles. The number of hydrogen-bond donors (Lipinski definition) is 2. The molecule has 2 aromatic rings. The van der Waals surface area contributed by atoms with Crippen LogP contribution < -0.4 is 5.32 Å². The molecule has 0 bridgehead atoms. The van der Waals surface area contributed by atoms with Crippen LogP contribution in [0.1, 0.15) is 20.7 Å². The van der Waals surface area contributed by atoms with Crippen LogP contribution in [0.25, 0.3) is 0 Å². The summed E-state index contributed by atoms with van der Waals surface area (Å²) in [4.78, 5) is 23.4. The molecule has 108 valence electrons. The zero-order valence-electron chi connectivity index (χ0n) is 10.4. The molecular formula is C14H8FI2NO3. The Labute approximate surface area is 147 Å². The quantitative estimate of drug-likeness (QED) is 0.614. The number of benzene rings is 2. The molecule has 21 heavy (non-hydrogen) atoms. The van der Waals surface area contributed by atoms with Gasteiger partial charge in [0, 0.05) is 7.14 Å². The molecule has 2 N–H and O–H groups in total. The Kier molecular flexibility index (Phi) is 5.14. The van der Waals surface area contributed by atoms with Gasteiger partial charge in [0.05, 0.1) is 16.8 Å². The minimum absolute atomic E-state index is 0.00682. The highest BCUT2D eigenvalue weighted by Gasteiger charge is 2.16. The van der Waals surface area contributed by atoms with Crippen molar-refractivity contribution in [3.63, 3.8) is 0 Å². The van der Waals surface area contributed by atoms with Crippen molar-refractivity contribution in [1.82, 2.24) is 0 Å². The summed E-state index contributed by atoms with van der Waals surface area (Å²) in [5.74, 6) is -2.04. The van der Waals surface area contributed by atoms with Crippen molar-refractivity contribution >= 4 is 62.7 Å². The molecule has 0 spiro atoms.